The molecule has 0 aromatic heterocycles. The zero-order chi connectivity index (χ0) is 16.6. The van der Waals surface area contributed by atoms with Crippen LogP contribution in [0, 0.1) is 10.5 Å². The predicted molar refractivity (Wildman–Crippen MR) is 94.3 cm³/mol. The second-order valence-corrected chi connectivity index (χ2v) is 6.50. The minimum Gasteiger partial charge on any atom is -0.324 e. The molecule has 3 rings (SSSR count). The van der Waals surface area contributed by atoms with Gasteiger partial charge in [0, 0.05) is 9.26 Å². The van der Waals surface area contributed by atoms with Gasteiger partial charge in [-0.05, 0) is 65.4 Å². The van der Waals surface area contributed by atoms with Crippen molar-refractivity contribution >= 4 is 46.0 Å². The Kier molecular flexibility index (Phi) is 4.16. The molecule has 5 nitrogen and oxygen atoms in total. The van der Waals surface area contributed by atoms with Crippen molar-refractivity contribution in [2.24, 2.45) is 0 Å². The predicted octanol–water partition coefficient (Wildman–Crippen LogP) is 2.83. The number of carbonyl (C=O) groups excluding carboxylic acids is 3. The van der Waals surface area contributed by atoms with E-state index in [0.29, 0.717) is 16.8 Å². The van der Waals surface area contributed by atoms with Crippen LogP contribution in [0.15, 0.2) is 42.5 Å². The lowest BCUT2D eigenvalue weighted by atomic mass is 10.1. The highest BCUT2D eigenvalue weighted by molar-refractivity contribution is 14.1. The summed E-state index contributed by atoms with van der Waals surface area (Å²) in [5.74, 6) is -1.26. The Hall–Kier alpha value is -2.22. The number of halogens is 1. The Morgan fingerprint density at radius 2 is 1.70 bits per heavy atom. The number of amides is 3. The summed E-state index contributed by atoms with van der Waals surface area (Å²) in [4.78, 5) is 37.6. The van der Waals surface area contributed by atoms with E-state index < -0.39 is 17.7 Å². The van der Waals surface area contributed by atoms with E-state index in [-0.39, 0.29) is 6.54 Å². The van der Waals surface area contributed by atoms with E-state index in [1.807, 2.05) is 19.1 Å². The number of aryl methyl sites for hydroxylation is 1. The van der Waals surface area contributed by atoms with Gasteiger partial charge < -0.3 is 5.32 Å². The Labute approximate surface area is 146 Å². The largest absolute Gasteiger partial charge is 0.324 e. The summed E-state index contributed by atoms with van der Waals surface area (Å²) in [6.07, 6.45) is 0. The molecule has 0 atom stereocenters. The number of fused-ring (bicyclic) bond motifs is 1. The van der Waals surface area contributed by atoms with Crippen molar-refractivity contribution in [2.45, 2.75) is 6.92 Å². The molecule has 0 unspecified atom stereocenters. The molecule has 2 aromatic rings. The molecule has 1 aliphatic rings. The van der Waals surface area contributed by atoms with Gasteiger partial charge in [0.05, 0.1) is 11.1 Å². The maximum Gasteiger partial charge on any atom is 0.262 e. The number of hydrogen-bond donors (Lipinski definition) is 1. The van der Waals surface area contributed by atoms with Crippen LogP contribution in [0.2, 0.25) is 0 Å². The summed E-state index contributed by atoms with van der Waals surface area (Å²) < 4.78 is 1.07. The van der Waals surface area contributed by atoms with Gasteiger partial charge in [0.2, 0.25) is 5.91 Å². The van der Waals surface area contributed by atoms with Crippen molar-refractivity contribution in [3.63, 3.8) is 0 Å². The van der Waals surface area contributed by atoms with Crippen LogP contribution >= 0.6 is 22.6 Å². The number of anilines is 1. The van der Waals surface area contributed by atoms with Gasteiger partial charge in [-0.15, -0.1) is 0 Å². The maximum absolute atomic E-state index is 12.2. The molecule has 3 amide bonds. The van der Waals surface area contributed by atoms with E-state index in [2.05, 4.69) is 27.9 Å². The molecule has 0 radical (unpaired) electrons. The summed E-state index contributed by atoms with van der Waals surface area (Å²) in [6.45, 7) is 1.59. The van der Waals surface area contributed by atoms with Crippen LogP contribution in [-0.4, -0.2) is 29.2 Å². The molecule has 1 N–H and O–H groups in total. The SMILES string of the molecule is Cc1cc(I)ccc1NC(=O)CN1C(=O)c2ccccc2C1=O. The summed E-state index contributed by atoms with van der Waals surface area (Å²) in [5, 5.41) is 2.74. The van der Waals surface area contributed by atoms with Crippen molar-refractivity contribution in [2.75, 3.05) is 11.9 Å². The Morgan fingerprint density at radius 3 is 2.26 bits per heavy atom. The van der Waals surface area contributed by atoms with Gasteiger partial charge in [0.25, 0.3) is 11.8 Å². The fourth-order valence-electron chi connectivity index (χ4n) is 2.48. The first-order valence-electron chi connectivity index (χ1n) is 6.98. The number of imide groups is 1. The van der Waals surface area contributed by atoms with Gasteiger partial charge in [-0.2, -0.15) is 0 Å². The lowest BCUT2D eigenvalue weighted by Gasteiger charge is -2.14. The minimum absolute atomic E-state index is 0.294. The number of benzene rings is 2. The molecule has 0 saturated heterocycles. The Morgan fingerprint density at radius 1 is 1.09 bits per heavy atom. The fraction of sp³-hybridized carbons (Fsp3) is 0.118. The standard InChI is InChI=1S/C17H13IN2O3/c1-10-8-11(18)6-7-14(10)19-15(21)9-20-16(22)12-4-2-3-5-13(12)17(20)23/h2-8H,9H2,1H3,(H,19,21). The third-order valence-electron chi connectivity index (χ3n) is 3.64. The molecule has 116 valence electrons. The quantitative estimate of drug-likeness (QED) is 0.614. The highest BCUT2D eigenvalue weighted by atomic mass is 127. The minimum atomic E-state index is -0.430. The molecule has 6 heteroatoms. The van der Waals surface area contributed by atoms with Crippen LogP contribution in [0.3, 0.4) is 0 Å². The second kappa shape index (κ2) is 6.11. The number of carbonyl (C=O) groups is 3. The monoisotopic (exact) mass is 420 g/mol. The van der Waals surface area contributed by atoms with Gasteiger partial charge in [-0.25, -0.2) is 0 Å². The first-order chi connectivity index (χ1) is 11.0. The van der Waals surface area contributed by atoms with Crippen LogP contribution in [0.4, 0.5) is 5.69 Å². The highest BCUT2D eigenvalue weighted by Crippen LogP contribution is 2.22. The molecule has 23 heavy (non-hydrogen) atoms. The molecule has 0 spiro atoms. The maximum atomic E-state index is 12.2. The van der Waals surface area contributed by atoms with Crippen molar-refractivity contribution in [3.05, 3.63) is 62.7 Å². The van der Waals surface area contributed by atoms with Gasteiger partial charge in [-0.3, -0.25) is 19.3 Å². The third-order valence-corrected chi connectivity index (χ3v) is 4.31. The first-order valence-corrected chi connectivity index (χ1v) is 8.06. The normalized spacial score (nSPS) is 13.2. The van der Waals surface area contributed by atoms with Gasteiger partial charge >= 0.3 is 0 Å². The van der Waals surface area contributed by atoms with Gasteiger partial charge in [0.1, 0.15) is 6.54 Å². The van der Waals surface area contributed by atoms with Crippen LogP contribution in [0.25, 0.3) is 0 Å². The zero-order valence-corrected chi connectivity index (χ0v) is 14.5. The second-order valence-electron chi connectivity index (χ2n) is 5.25. The van der Waals surface area contributed by atoms with E-state index in [1.54, 1.807) is 30.3 Å². The van der Waals surface area contributed by atoms with E-state index in [9.17, 15) is 14.4 Å². The molecular formula is C17H13IN2O3. The summed E-state index contributed by atoms with van der Waals surface area (Å²) in [6, 6.07) is 12.2. The zero-order valence-electron chi connectivity index (χ0n) is 12.3. The summed E-state index contributed by atoms with van der Waals surface area (Å²) >= 11 is 2.19. The van der Waals surface area contributed by atoms with E-state index in [0.717, 1.165) is 14.0 Å². The first kappa shape index (κ1) is 15.7. The van der Waals surface area contributed by atoms with Crippen LogP contribution < -0.4 is 5.32 Å². The average molecular weight is 420 g/mol. The van der Waals surface area contributed by atoms with Crippen molar-refractivity contribution in [3.8, 4) is 0 Å². The van der Waals surface area contributed by atoms with Gasteiger partial charge in [-0.1, -0.05) is 12.1 Å². The third kappa shape index (κ3) is 2.98. The molecule has 0 saturated carbocycles. The lowest BCUT2D eigenvalue weighted by Crippen LogP contribution is -2.37. The van der Waals surface area contributed by atoms with E-state index >= 15 is 0 Å². The molecule has 0 aliphatic carbocycles. The average Bonchev–Trinajstić information content (AvgIpc) is 2.76. The summed E-state index contributed by atoms with van der Waals surface area (Å²) in [7, 11) is 0. The topological polar surface area (TPSA) is 66.5 Å². The number of rotatable bonds is 3. The van der Waals surface area contributed by atoms with E-state index in [1.165, 1.54) is 0 Å². The smallest absolute Gasteiger partial charge is 0.262 e. The van der Waals surface area contributed by atoms with Crippen LogP contribution in [-0.2, 0) is 4.79 Å². The molecule has 0 bridgehead atoms. The molecule has 0 fully saturated rings. The molecule has 1 heterocycles. The number of nitrogens with zero attached hydrogens (tertiary/aromatic N) is 1. The fourth-order valence-corrected chi connectivity index (χ4v) is 3.13. The van der Waals surface area contributed by atoms with Gasteiger partial charge in [0.15, 0.2) is 0 Å². The summed E-state index contributed by atoms with van der Waals surface area (Å²) in [5.41, 5.74) is 2.28. The van der Waals surface area contributed by atoms with Crippen LogP contribution in [0.1, 0.15) is 26.3 Å². The van der Waals surface area contributed by atoms with Crippen molar-refractivity contribution in [1.29, 1.82) is 0 Å². The van der Waals surface area contributed by atoms with Crippen LogP contribution in [0.5, 0.6) is 0 Å². The number of nitrogens with one attached hydrogen (secondary N) is 1. The molecule has 1 aliphatic heterocycles. The lowest BCUT2D eigenvalue weighted by molar-refractivity contribution is -0.116. The number of hydrogen-bond acceptors (Lipinski definition) is 3. The molecular weight excluding hydrogens is 407 g/mol. The van der Waals surface area contributed by atoms with Crippen molar-refractivity contribution < 1.29 is 14.4 Å². The van der Waals surface area contributed by atoms with E-state index in [4.69, 9.17) is 0 Å². The molecule has 2 aromatic carbocycles. The van der Waals surface area contributed by atoms with Crippen molar-refractivity contribution in [1.82, 2.24) is 4.90 Å². The Balaban J connectivity index is 1.74. The Bertz CT molecular complexity index is 797. The highest BCUT2D eigenvalue weighted by Gasteiger charge is 2.36.